The van der Waals surface area contributed by atoms with E-state index in [1.807, 2.05) is 27.7 Å². The molecule has 0 atom stereocenters. The maximum absolute atomic E-state index is 11.9. The van der Waals surface area contributed by atoms with Crippen LogP contribution in [0.3, 0.4) is 0 Å². The fraction of sp³-hybridized carbons (Fsp3) is 0.917. The van der Waals surface area contributed by atoms with Crippen LogP contribution in [0.25, 0.3) is 0 Å². The van der Waals surface area contributed by atoms with Gasteiger partial charge in [0.15, 0.2) is 0 Å². The van der Waals surface area contributed by atoms with Crippen molar-refractivity contribution in [1.29, 1.82) is 0 Å². The lowest BCUT2D eigenvalue weighted by Gasteiger charge is -2.30. The van der Waals surface area contributed by atoms with Crippen LogP contribution in [0.1, 0.15) is 48.0 Å². The van der Waals surface area contributed by atoms with E-state index in [0.29, 0.717) is 19.5 Å². The maximum atomic E-state index is 11.9. The number of amides is 1. The molecule has 0 fully saturated rings. The third kappa shape index (κ3) is 7.37. The Kier molecular flexibility index (Phi) is 4.78. The van der Waals surface area contributed by atoms with Crippen molar-refractivity contribution in [3.8, 4) is 0 Å². The molecule has 3 nitrogen and oxygen atoms in total. The summed E-state index contributed by atoms with van der Waals surface area (Å²) in [6.07, 6.45) is 0.525. The molecule has 0 aliphatic carbocycles. The van der Waals surface area contributed by atoms with Gasteiger partial charge >= 0.3 is 0 Å². The first kappa shape index (κ1) is 14.4. The molecule has 0 aliphatic rings. The van der Waals surface area contributed by atoms with Gasteiger partial charge in [-0.2, -0.15) is 0 Å². The number of hydrogen-bond acceptors (Lipinski definition) is 2. The fourth-order valence-corrected chi connectivity index (χ4v) is 1.41. The number of aliphatic hydroxyl groups is 1. The van der Waals surface area contributed by atoms with Gasteiger partial charge in [-0.3, -0.25) is 4.79 Å². The number of hydrogen-bond donors (Lipinski definition) is 1. The lowest BCUT2D eigenvalue weighted by molar-refractivity contribution is -0.135. The van der Waals surface area contributed by atoms with Gasteiger partial charge in [0.25, 0.3) is 0 Å². The Bertz CT molecular complexity index is 211. The molecule has 3 heteroatoms. The summed E-state index contributed by atoms with van der Waals surface area (Å²) >= 11 is 0. The quantitative estimate of drug-likeness (QED) is 0.779. The molecule has 0 saturated carbocycles. The molecule has 1 amide bonds. The minimum absolute atomic E-state index is 0.00407. The second-order valence-corrected chi connectivity index (χ2v) is 5.96. The highest BCUT2D eigenvalue weighted by Crippen LogP contribution is 2.20. The number of likely N-dealkylation sites (N-methyl/N-ethyl adjacent to an activating group) is 1. The van der Waals surface area contributed by atoms with Crippen LogP contribution >= 0.6 is 0 Å². The van der Waals surface area contributed by atoms with Gasteiger partial charge in [-0.1, -0.05) is 20.8 Å². The molecule has 0 aromatic heterocycles. The summed E-state index contributed by atoms with van der Waals surface area (Å²) in [5, 5.41) is 9.67. The second kappa shape index (κ2) is 4.97. The summed E-state index contributed by atoms with van der Waals surface area (Å²) in [5.41, 5.74) is -0.812. The highest BCUT2D eigenvalue weighted by molar-refractivity contribution is 5.76. The van der Waals surface area contributed by atoms with E-state index in [1.54, 1.807) is 18.7 Å². The van der Waals surface area contributed by atoms with Gasteiger partial charge in [0, 0.05) is 19.5 Å². The molecule has 0 heterocycles. The first-order chi connectivity index (χ1) is 6.55. The van der Waals surface area contributed by atoms with Crippen molar-refractivity contribution in [1.82, 2.24) is 4.90 Å². The van der Waals surface area contributed by atoms with Gasteiger partial charge in [0.2, 0.25) is 5.91 Å². The van der Waals surface area contributed by atoms with Crippen LogP contribution in [0.2, 0.25) is 0 Å². The summed E-state index contributed by atoms with van der Waals surface area (Å²) in [6.45, 7) is 12.6. The average molecular weight is 215 g/mol. The van der Waals surface area contributed by atoms with Crippen molar-refractivity contribution in [2.24, 2.45) is 5.41 Å². The Morgan fingerprint density at radius 2 is 1.67 bits per heavy atom. The Labute approximate surface area is 93.5 Å². The monoisotopic (exact) mass is 215 g/mol. The number of carbonyl (C=O) groups is 1. The van der Waals surface area contributed by atoms with Gasteiger partial charge in [-0.15, -0.1) is 0 Å². The smallest absolute Gasteiger partial charge is 0.223 e. The minimum Gasteiger partial charge on any atom is -0.389 e. The lowest BCUT2D eigenvalue weighted by atomic mass is 9.91. The molecule has 0 aromatic rings. The normalized spacial score (nSPS) is 12.7. The van der Waals surface area contributed by atoms with Gasteiger partial charge in [0.1, 0.15) is 0 Å². The van der Waals surface area contributed by atoms with E-state index in [1.165, 1.54) is 0 Å². The van der Waals surface area contributed by atoms with E-state index < -0.39 is 5.60 Å². The van der Waals surface area contributed by atoms with Crippen LogP contribution in [-0.2, 0) is 4.79 Å². The van der Waals surface area contributed by atoms with Crippen molar-refractivity contribution in [3.63, 3.8) is 0 Å². The second-order valence-electron chi connectivity index (χ2n) is 5.96. The van der Waals surface area contributed by atoms with Gasteiger partial charge < -0.3 is 10.0 Å². The van der Waals surface area contributed by atoms with Crippen LogP contribution in [0.4, 0.5) is 0 Å². The van der Waals surface area contributed by atoms with Gasteiger partial charge in [-0.25, -0.2) is 0 Å². The topological polar surface area (TPSA) is 40.5 Å². The van der Waals surface area contributed by atoms with Crippen molar-refractivity contribution in [3.05, 3.63) is 0 Å². The van der Waals surface area contributed by atoms with Gasteiger partial charge in [0.05, 0.1) is 5.60 Å². The van der Waals surface area contributed by atoms with E-state index in [0.717, 1.165) is 0 Å². The molecule has 0 aromatic carbocycles. The first-order valence-corrected chi connectivity index (χ1v) is 5.55. The van der Waals surface area contributed by atoms with Crippen molar-refractivity contribution in [2.45, 2.75) is 53.6 Å². The number of nitrogens with zero attached hydrogens (tertiary/aromatic N) is 1. The minimum atomic E-state index is -0.816. The molecule has 0 spiro atoms. The van der Waals surface area contributed by atoms with Crippen LogP contribution in [-0.4, -0.2) is 34.6 Å². The SMILES string of the molecule is CCN(CC(C)(C)O)C(=O)CC(C)(C)C. The van der Waals surface area contributed by atoms with Crippen molar-refractivity contribution >= 4 is 5.91 Å². The summed E-state index contributed by atoms with van der Waals surface area (Å²) in [4.78, 5) is 13.6. The Hall–Kier alpha value is -0.570. The molecule has 90 valence electrons. The summed E-state index contributed by atoms with van der Waals surface area (Å²) in [7, 11) is 0. The highest BCUT2D eigenvalue weighted by Gasteiger charge is 2.24. The Morgan fingerprint density at radius 1 is 1.20 bits per heavy atom. The molecule has 0 bridgehead atoms. The molecular formula is C12H25NO2. The van der Waals surface area contributed by atoms with Gasteiger partial charge in [-0.05, 0) is 26.2 Å². The largest absolute Gasteiger partial charge is 0.389 e. The Morgan fingerprint density at radius 3 is 1.93 bits per heavy atom. The molecule has 0 rings (SSSR count). The molecular weight excluding hydrogens is 190 g/mol. The predicted molar refractivity (Wildman–Crippen MR) is 62.6 cm³/mol. The zero-order valence-electron chi connectivity index (χ0n) is 10.9. The van der Waals surface area contributed by atoms with Crippen LogP contribution in [0.15, 0.2) is 0 Å². The predicted octanol–water partition coefficient (Wildman–Crippen LogP) is 2.04. The van der Waals surface area contributed by atoms with E-state index in [4.69, 9.17) is 0 Å². The summed E-state index contributed by atoms with van der Waals surface area (Å²) in [5.74, 6) is 0.118. The van der Waals surface area contributed by atoms with E-state index in [-0.39, 0.29) is 11.3 Å². The third-order valence-corrected chi connectivity index (χ3v) is 1.99. The number of carbonyl (C=O) groups excluding carboxylic acids is 1. The van der Waals surface area contributed by atoms with Crippen molar-refractivity contribution < 1.29 is 9.90 Å². The first-order valence-electron chi connectivity index (χ1n) is 5.55. The molecule has 0 radical (unpaired) electrons. The third-order valence-electron chi connectivity index (χ3n) is 1.99. The molecule has 0 saturated heterocycles. The standard InChI is InChI=1S/C12H25NO2/c1-7-13(9-12(5,6)15)10(14)8-11(2,3)4/h15H,7-9H2,1-6H3. The van der Waals surface area contributed by atoms with Crippen LogP contribution in [0, 0.1) is 5.41 Å². The van der Waals surface area contributed by atoms with E-state index >= 15 is 0 Å². The van der Waals surface area contributed by atoms with E-state index in [2.05, 4.69) is 0 Å². The average Bonchev–Trinajstić information content (AvgIpc) is 1.94. The zero-order chi connectivity index (χ0) is 12.3. The number of rotatable bonds is 4. The molecule has 1 N–H and O–H groups in total. The zero-order valence-corrected chi connectivity index (χ0v) is 10.9. The van der Waals surface area contributed by atoms with Crippen LogP contribution < -0.4 is 0 Å². The fourth-order valence-electron chi connectivity index (χ4n) is 1.41. The Balaban J connectivity index is 4.36. The van der Waals surface area contributed by atoms with Crippen molar-refractivity contribution in [2.75, 3.05) is 13.1 Å². The highest BCUT2D eigenvalue weighted by atomic mass is 16.3. The lowest BCUT2D eigenvalue weighted by Crippen LogP contribution is -2.43. The molecule has 0 aliphatic heterocycles. The molecule has 0 unspecified atom stereocenters. The summed E-state index contributed by atoms with van der Waals surface area (Å²) < 4.78 is 0. The summed E-state index contributed by atoms with van der Waals surface area (Å²) in [6, 6.07) is 0. The maximum Gasteiger partial charge on any atom is 0.223 e. The van der Waals surface area contributed by atoms with E-state index in [9.17, 15) is 9.90 Å². The molecule has 15 heavy (non-hydrogen) atoms. The van der Waals surface area contributed by atoms with Crippen LogP contribution in [0.5, 0.6) is 0 Å².